The number of halogens is 1. The number of nitrogens with one attached hydrogen (secondary N) is 1. The van der Waals surface area contributed by atoms with Crippen LogP contribution in [0.4, 0.5) is 5.82 Å². The molecule has 0 aliphatic heterocycles. The third-order valence-corrected chi connectivity index (χ3v) is 4.57. The Labute approximate surface area is 140 Å². The Balaban J connectivity index is 1.68. The van der Waals surface area contributed by atoms with Gasteiger partial charge in [0.25, 0.3) is 5.91 Å². The Hall–Kier alpha value is -2.14. The van der Waals surface area contributed by atoms with Crippen LogP contribution < -0.4 is 11.1 Å². The number of rotatable bonds is 4. The monoisotopic (exact) mass is 330 g/mol. The molecule has 1 aliphatic rings. The zero-order chi connectivity index (χ0) is 16.2. The highest BCUT2D eigenvalue weighted by Crippen LogP contribution is 2.32. The highest BCUT2D eigenvalue weighted by Gasteiger charge is 2.21. The number of anilines is 1. The first-order valence-electron chi connectivity index (χ1n) is 7.79. The van der Waals surface area contributed by atoms with Gasteiger partial charge in [0.2, 0.25) is 0 Å². The summed E-state index contributed by atoms with van der Waals surface area (Å²) >= 11 is 6.08. The maximum absolute atomic E-state index is 12.3. The molecule has 1 saturated carbocycles. The van der Waals surface area contributed by atoms with Gasteiger partial charge < -0.3 is 11.1 Å². The molecule has 0 bridgehead atoms. The summed E-state index contributed by atoms with van der Waals surface area (Å²) in [5, 5.41) is 3.42. The van der Waals surface area contributed by atoms with E-state index in [-0.39, 0.29) is 11.7 Å². The van der Waals surface area contributed by atoms with Crippen molar-refractivity contribution in [2.24, 2.45) is 0 Å². The van der Waals surface area contributed by atoms with Crippen molar-refractivity contribution < 1.29 is 4.79 Å². The lowest BCUT2D eigenvalue weighted by molar-refractivity contribution is 0.0951. The van der Waals surface area contributed by atoms with Crippen molar-refractivity contribution in [3.63, 3.8) is 0 Å². The number of nitrogens with two attached hydrogens (primary N) is 1. The van der Waals surface area contributed by atoms with Crippen molar-refractivity contribution in [1.82, 2.24) is 15.3 Å². The third-order valence-electron chi connectivity index (χ3n) is 4.20. The quantitative estimate of drug-likeness (QED) is 0.901. The smallest absolute Gasteiger partial charge is 0.256 e. The highest BCUT2D eigenvalue weighted by molar-refractivity contribution is 6.31. The SMILES string of the molecule is Nc1nc(C2CCCC2)ncc1C(=O)NCc1ccccc1Cl. The average molecular weight is 331 g/mol. The number of nitrogens with zero attached hydrogens (tertiary/aromatic N) is 2. The van der Waals surface area contributed by atoms with Gasteiger partial charge in [-0.15, -0.1) is 0 Å². The van der Waals surface area contributed by atoms with Gasteiger partial charge in [0.1, 0.15) is 11.6 Å². The van der Waals surface area contributed by atoms with Gasteiger partial charge in [0, 0.05) is 23.7 Å². The van der Waals surface area contributed by atoms with Crippen LogP contribution in [-0.2, 0) is 6.54 Å². The van der Waals surface area contributed by atoms with Crippen LogP contribution in [0.5, 0.6) is 0 Å². The van der Waals surface area contributed by atoms with Crippen LogP contribution in [0.25, 0.3) is 0 Å². The van der Waals surface area contributed by atoms with Crippen LogP contribution in [0.2, 0.25) is 5.02 Å². The molecule has 1 aliphatic carbocycles. The van der Waals surface area contributed by atoms with Crippen LogP contribution in [0.3, 0.4) is 0 Å². The van der Waals surface area contributed by atoms with Crippen molar-refractivity contribution in [2.45, 2.75) is 38.1 Å². The molecule has 23 heavy (non-hydrogen) atoms. The Morgan fingerprint density at radius 2 is 2.04 bits per heavy atom. The number of aromatic nitrogens is 2. The maximum Gasteiger partial charge on any atom is 0.256 e. The minimum atomic E-state index is -0.291. The second-order valence-corrected chi connectivity index (χ2v) is 6.19. The molecule has 0 unspecified atom stereocenters. The number of carbonyl (C=O) groups is 1. The van der Waals surface area contributed by atoms with E-state index in [1.54, 1.807) is 6.07 Å². The van der Waals surface area contributed by atoms with E-state index in [1.165, 1.54) is 19.0 Å². The lowest BCUT2D eigenvalue weighted by Crippen LogP contribution is -2.25. The zero-order valence-corrected chi connectivity index (χ0v) is 13.5. The third kappa shape index (κ3) is 3.62. The molecule has 0 spiro atoms. The number of amides is 1. The molecule has 3 rings (SSSR count). The molecule has 1 fully saturated rings. The van der Waals surface area contributed by atoms with Gasteiger partial charge in [-0.05, 0) is 24.5 Å². The zero-order valence-electron chi connectivity index (χ0n) is 12.8. The van der Waals surface area contributed by atoms with Crippen molar-refractivity contribution in [3.05, 3.63) is 52.4 Å². The van der Waals surface area contributed by atoms with Gasteiger partial charge in [-0.3, -0.25) is 4.79 Å². The molecule has 3 N–H and O–H groups in total. The predicted molar refractivity (Wildman–Crippen MR) is 90.3 cm³/mol. The summed E-state index contributed by atoms with van der Waals surface area (Å²) in [6.45, 7) is 0.336. The van der Waals surface area contributed by atoms with Gasteiger partial charge in [-0.25, -0.2) is 9.97 Å². The minimum Gasteiger partial charge on any atom is -0.383 e. The van der Waals surface area contributed by atoms with Gasteiger partial charge in [0.05, 0.1) is 5.56 Å². The summed E-state index contributed by atoms with van der Waals surface area (Å²) in [4.78, 5) is 20.9. The van der Waals surface area contributed by atoms with Crippen molar-refractivity contribution >= 4 is 23.3 Å². The van der Waals surface area contributed by atoms with Gasteiger partial charge >= 0.3 is 0 Å². The number of carbonyl (C=O) groups excluding carboxylic acids is 1. The molecule has 0 saturated heterocycles. The topological polar surface area (TPSA) is 80.9 Å². The van der Waals surface area contributed by atoms with E-state index in [0.717, 1.165) is 24.2 Å². The van der Waals surface area contributed by atoms with E-state index >= 15 is 0 Å². The Bertz CT molecular complexity index is 713. The second kappa shape index (κ2) is 6.96. The van der Waals surface area contributed by atoms with E-state index in [4.69, 9.17) is 17.3 Å². The molecule has 1 heterocycles. The Kier molecular flexibility index (Phi) is 4.76. The second-order valence-electron chi connectivity index (χ2n) is 5.78. The standard InChI is InChI=1S/C17H19ClN4O/c18-14-8-4-3-7-12(14)9-21-17(23)13-10-20-16(22-15(13)19)11-5-1-2-6-11/h3-4,7-8,10-11H,1-2,5-6,9H2,(H,21,23)(H2,19,20,22). The van der Waals surface area contributed by atoms with E-state index in [9.17, 15) is 4.79 Å². The summed E-state index contributed by atoms with van der Waals surface area (Å²) in [5.41, 5.74) is 7.11. The van der Waals surface area contributed by atoms with Gasteiger partial charge in [0.15, 0.2) is 0 Å². The summed E-state index contributed by atoms with van der Waals surface area (Å²) in [5.74, 6) is 1.07. The van der Waals surface area contributed by atoms with E-state index in [1.807, 2.05) is 18.2 Å². The van der Waals surface area contributed by atoms with Crippen LogP contribution in [0.1, 0.15) is 53.3 Å². The largest absolute Gasteiger partial charge is 0.383 e. The number of benzene rings is 1. The minimum absolute atomic E-state index is 0.235. The van der Waals surface area contributed by atoms with E-state index in [0.29, 0.717) is 23.0 Å². The summed E-state index contributed by atoms with van der Waals surface area (Å²) in [7, 11) is 0. The molecule has 1 aromatic carbocycles. The average Bonchev–Trinajstić information content (AvgIpc) is 3.08. The first kappa shape index (κ1) is 15.7. The molecule has 0 radical (unpaired) electrons. The normalized spacial score (nSPS) is 14.8. The molecule has 1 amide bonds. The molecule has 2 aromatic rings. The maximum atomic E-state index is 12.3. The van der Waals surface area contributed by atoms with Crippen LogP contribution >= 0.6 is 11.6 Å². The fourth-order valence-corrected chi connectivity index (χ4v) is 3.08. The Morgan fingerprint density at radius 3 is 2.74 bits per heavy atom. The Morgan fingerprint density at radius 1 is 1.30 bits per heavy atom. The lowest BCUT2D eigenvalue weighted by Gasteiger charge is -2.11. The molecule has 1 aromatic heterocycles. The highest BCUT2D eigenvalue weighted by atomic mass is 35.5. The first-order valence-corrected chi connectivity index (χ1v) is 8.17. The molecular formula is C17H19ClN4O. The molecule has 6 heteroatoms. The number of nitrogen functional groups attached to an aromatic ring is 1. The fraction of sp³-hybridized carbons (Fsp3) is 0.353. The number of hydrogen-bond acceptors (Lipinski definition) is 4. The molecule has 120 valence electrons. The van der Waals surface area contributed by atoms with Crippen molar-refractivity contribution in [1.29, 1.82) is 0 Å². The number of hydrogen-bond donors (Lipinski definition) is 2. The lowest BCUT2D eigenvalue weighted by atomic mass is 10.1. The van der Waals surface area contributed by atoms with E-state index < -0.39 is 0 Å². The summed E-state index contributed by atoms with van der Waals surface area (Å²) in [6, 6.07) is 7.38. The van der Waals surface area contributed by atoms with Crippen molar-refractivity contribution in [2.75, 3.05) is 5.73 Å². The predicted octanol–water partition coefficient (Wildman–Crippen LogP) is 3.30. The molecule has 5 nitrogen and oxygen atoms in total. The van der Waals surface area contributed by atoms with Crippen molar-refractivity contribution in [3.8, 4) is 0 Å². The van der Waals surface area contributed by atoms with Gasteiger partial charge in [-0.2, -0.15) is 0 Å². The fourth-order valence-electron chi connectivity index (χ4n) is 2.88. The van der Waals surface area contributed by atoms with E-state index in [2.05, 4.69) is 15.3 Å². The first-order chi connectivity index (χ1) is 11.1. The van der Waals surface area contributed by atoms with Crippen LogP contribution in [0, 0.1) is 0 Å². The molecular weight excluding hydrogens is 312 g/mol. The van der Waals surface area contributed by atoms with Crippen LogP contribution in [0.15, 0.2) is 30.5 Å². The summed E-state index contributed by atoms with van der Waals surface area (Å²) < 4.78 is 0. The van der Waals surface area contributed by atoms with Gasteiger partial charge in [-0.1, -0.05) is 42.6 Å². The summed E-state index contributed by atoms with van der Waals surface area (Å²) in [6.07, 6.45) is 6.12. The van der Waals surface area contributed by atoms with Crippen LogP contribution in [-0.4, -0.2) is 15.9 Å². The molecule has 0 atom stereocenters.